The Morgan fingerprint density at radius 3 is 2.36 bits per heavy atom. The summed E-state index contributed by atoms with van der Waals surface area (Å²) in [6, 6.07) is 12.1. The summed E-state index contributed by atoms with van der Waals surface area (Å²) in [6.07, 6.45) is -4.62. The molecule has 0 aliphatic heterocycles. The van der Waals surface area contributed by atoms with Gasteiger partial charge in [-0.05, 0) is 24.3 Å². The quantitative estimate of drug-likeness (QED) is 0.660. The molecule has 2 aromatic carbocycles. The Hall–Kier alpha value is -3.09. The fraction of sp³-hybridized carbons (Fsp3) is 0.111. The number of pyridine rings is 1. The number of esters is 1. The van der Waals surface area contributed by atoms with E-state index in [4.69, 9.17) is 4.74 Å². The van der Waals surface area contributed by atoms with E-state index in [2.05, 4.69) is 0 Å². The molecule has 0 N–H and O–H groups in total. The van der Waals surface area contributed by atoms with Gasteiger partial charge in [0, 0.05) is 18.4 Å². The van der Waals surface area contributed by atoms with E-state index in [1.807, 2.05) is 0 Å². The lowest BCUT2D eigenvalue weighted by molar-refractivity contribution is -0.137. The van der Waals surface area contributed by atoms with Crippen LogP contribution in [-0.4, -0.2) is 10.5 Å². The number of aromatic nitrogens is 1. The minimum absolute atomic E-state index is 0.00818. The van der Waals surface area contributed by atoms with Crippen molar-refractivity contribution >= 4 is 16.9 Å². The predicted molar refractivity (Wildman–Crippen MR) is 85.9 cm³/mol. The highest BCUT2D eigenvalue weighted by atomic mass is 19.4. The molecule has 0 atom stereocenters. The summed E-state index contributed by atoms with van der Waals surface area (Å²) < 4.78 is 46.0. The summed E-state index contributed by atoms with van der Waals surface area (Å²) in [6.45, 7) is 1.18. The summed E-state index contributed by atoms with van der Waals surface area (Å²) in [5, 5.41) is 0.356. The van der Waals surface area contributed by atoms with Gasteiger partial charge in [0.2, 0.25) is 0 Å². The number of carbonyl (C=O) groups excluding carboxylic acids is 1. The predicted octanol–water partition coefficient (Wildman–Crippen LogP) is 3.93. The molecule has 0 spiro atoms. The van der Waals surface area contributed by atoms with Crippen molar-refractivity contribution in [3.05, 3.63) is 70.5 Å². The third-order valence-electron chi connectivity index (χ3n) is 3.59. The van der Waals surface area contributed by atoms with Crippen molar-refractivity contribution in [2.24, 2.45) is 0 Å². The number of rotatable bonds is 2. The molecule has 0 saturated heterocycles. The van der Waals surface area contributed by atoms with Crippen LogP contribution in [0.4, 0.5) is 13.2 Å². The molecular weight excluding hydrogens is 335 g/mol. The maximum Gasteiger partial charge on any atom is 0.418 e. The van der Waals surface area contributed by atoms with Gasteiger partial charge in [0.1, 0.15) is 5.75 Å². The molecule has 128 valence electrons. The van der Waals surface area contributed by atoms with Gasteiger partial charge in [-0.3, -0.25) is 14.2 Å². The van der Waals surface area contributed by atoms with Crippen LogP contribution in [0.25, 0.3) is 16.6 Å². The summed E-state index contributed by atoms with van der Waals surface area (Å²) >= 11 is 0. The molecule has 0 bridgehead atoms. The number of para-hydroxylation sites is 2. The van der Waals surface area contributed by atoms with E-state index in [1.165, 1.54) is 31.2 Å². The second-order valence-electron chi connectivity index (χ2n) is 5.31. The zero-order valence-corrected chi connectivity index (χ0v) is 13.0. The standard InChI is InChI=1S/C18H12F3NO3/c1-11(23)25-16-10-17(24)22(14-8-4-2-6-12(14)16)15-9-5-3-7-13(15)18(19,20)21/h2-10H,1H3. The number of halogens is 3. The molecule has 1 aromatic heterocycles. The molecule has 0 saturated carbocycles. The molecule has 0 fully saturated rings. The first-order valence-corrected chi connectivity index (χ1v) is 7.29. The number of alkyl halides is 3. The van der Waals surface area contributed by atoms with Crippen molar-refractivity contribution in [3.8, 4) is 11.4 Å². The van der Waals surface area contributed by atoms with Gasteiger partial charge < -0.3 is 4.74 Å². The van der Waals surface area contributed by atoms with Crippen molar-refractivity contribution in [2.75, 3.05) is 0 Å². The van der Waals surface area contributed by atoms with E-state index in [1.54, 1.807) is 18.2 Å². The van der Waals surface area contributed by atoms with Crippen LogP contribution >= 0.6 is 0 Å². The minimum Gasteiger partial charge on any atom is -0.426 e. The number of carbonyl (C=O) groups is 1. The first kappa shape index (κ1) is 16.8. The van der Waals surface area contributed by atoms with Crippen LogP contribution < -0.4 is 10.3 Å². The molecule has 7 heteroatoms. The summed E-state index contributed by atoms with van der Waals surface area (Å²) in [4.78, 5) is 23.7. The van der Waals surface area contributed by atoms with E-state index in [-0.39, 0.29) is 17.0 Å². The Morgan fingerprint density at radius 1 is 1.04 bits per heavy atom. The Kier molecular flexibility index (Phi) is 4.08. The molecule has 0 unspecified atom stereocenters. The Morgan fingerprint density at radius 2 is 1.68 bits per heavy atom. The summed E-state index contributed by atoms with van der Waals surface area (Å²) in [5.74, 6) is -0.619. The van der Waals surface area contributed by atoms with Crippen molar-refractivity contribution < 1.29 is 22.7 Å². The van der Waals surface area contributed by atoms with Crippen molar-refractivity contribution in [2.45, 2.75) is 13.1 Å². The van der Waals surface area contributed by atoms with Gasteiger partial charge >= 0.3 is 12.1 Å². The monoisotopic (exact) mass is 347 g/mol. The van der Waals surface area contributed by atoms with Gasteiger partial charge in [-0.2, -0.15) is 13.2 Å². The minimum atomic E-state index is -4.62. The molecule has 3 rings (SSSR count). The zero-order valence-electron chi connectivity index (χ0n) is 13.0. The molecule has 0 amide bonds. The Balaban J connectivity index is 2.39. The normalized spacial score (nSPS) is 11.5. The molecule has 3 aromatic rings. The zero-order chi connectivity index (χ0) is 18.2. The molecule has 1 heterocycles. The second kappa shape index (κ2) is 6.08. The van der Waals surface area contributed by atoms with Crippen LogP contribution in [-0.2, 0) is 11.0 Å². The van der Waals surface area contributed by atoms with Gasteiger partial charge in [0.15, 0.2) is 0 Å². The summed E-state index contributed by atoms with van der Waals surface area (Å²) in [7, 11) is 0. The fourth-order valence-electron chi connectivity index (χ4n) is 2.65. The highest BCUT2D eigenvalue weighted by Crippen LogP contribution is 2.35. The smallest absolute Gasteiger partial charge is 0.418 e. The Bertz CT molecular complexity index is 1020. The van der Waals surface area contributed by atoms with E-state index in [9.17, 15) is 22.8 Å². The van der Waals surface area contributed by atoms with Gasteiger partial charge in [0.25, 0.3) is 5.56 Å². The first-order chi connectivity index (χ1) is 11.8. The molecule has 0 aliphatic rings. The lowest BCUT2D eigenvalue weighted by atomic mass is 10.1. The highest BCUT2D eigenvalue weighted by Gasteiger charge is 2.34. The highest BCUT2D eigenvalue weighted by molar-refractivity contribution is 5.88. The van der Waals surface area contributed by atoms with E-state index in [0.717, 1.165) is 16.7 Å². The fourth-order valence-corrected chi connectivity index (χ4v) is 2.65. The number of hydrogen-bond acceptors (Lipinski definition) is 3. The first-order valence-electron chi connectivity index (χ1n) is 7.29. The Labute approximate surface area is 140 Å². The SMILES string of the molecule is CC(=O)Oc1cc(=O)n(-c2ccccc2C(F)(F)F)c2ccccc12. The van der Waals surface area contributed by atoms with Crippen LogP contribution in [0.15, 0.2) is 59.4 Å². The average molecular weight is 347 g/mol. The van der Waals surface area contributed by atoms with Crippen LogP contribution in [0.5, 0.6) is 5.75 Å². The summed E-state index contributed by atoms with van der Waals surface area (Å²) in [5.41, 5.74) is -1.73. The van der Waals surface area contributed by atoms with Crippen molar-refractivity contribution in [3.63, 3.8) is 0 Å². The van der Waals surface area contributed by atoms with E-state index < -0.39 is 23.3 Å². The number of fused-ring (bicyclic) bond motifs is 1. The van der Waals surface area contributed by atoms with Gasteiger partial charge in [-0.1, -0.05) is 24.3 Å². The number of ether oxygens (including phenoxy) is 1. The molecular formula is C18H12F3NO3. The maximum absolute atomic E-state index is 13.3. The van der Waals surface area contributed by atoms with Gasteiger partial charge in [0.05, 0.1) is 16.8 Å². The molecule has 0 aliphatic carbocycles. The van der Waals surface area contributed by atoms with Crippen LogP contribution in [0.3, 0.4) is 0 Å². The third-order valence-corrected chi connectivity index (χ3v) is 3.59. The molecule has 0 radical (unpaired) electrons. The van der Waals surface area contributed by atoms with Gasteiger partial charge in [-0.25, -0.2) is 0 Å². The van der Waals surface area contributed by atoms with Crippen molar-refractivity contribution in [1.82, 2.24) is 4.57 Å². The molecule has 4 nitrogen and oxygen atoms in total. The number of nitrogens with zero attached hydrogens (tertiary/aromatic N) is 1. The number of hydrogen-bond donors (Lipinski definition) is 0. The lowest BCUT2D eigenvalue weighted by Gasteiger charge is -2.17. The number of benzene rings is 2. The maximum atomic E-state index is 13.3. The van der Waals surface area contributed by atoms with E-state index in [0.29, 0.717) is 5.39 Å². The van der Waals surface area contributed by atoms with Crippen LogP contribution in [0, 0.1) is 0 Å². The van der Waals surface area contributed by atoms with Gasteiger partial charge in [-0.15, -0.1) is 0 Å². The largest absolute Gasteiger partial charge is 0.426 e. The lowest BCUT2D eigenvalue weighted by Crippen LogP contribution is -2.22. The van der Waals surface area contributed by atoms with Crippen LogP contribution in [0.2, 0.25) is 0 Å². The molecule has 25 heavy (non-hydrogen) atoms. The van der Waals surface area contributed by atoms with E-state index >= 15 is 0 Å². The van der Waals surface area contributed by atoms with Crippen LogP contribution in [0.1, 0.15) is 12.5 Å². The van der Waals surface area contributed by atoms with Crippen molar-refractivity contribution in [1.29, 1.82) is 0 Å². The topological polar surface area (TPSA) is 48.3 Å². The second-order valence-corrected chi connectivity index (χ2v) is 5.31. The average Bonchev–Trinajstić information content (AvgIpc) is 2.54. The third kappa shape index (κ3) is 3.13.